The first kappa shape index (κ1) is 18.5. The molecule has 0 aliphatic rings. The van der Waals surface area contributed by atoms with Crippen molar-refractivity contribution in [3.8, 4) is 10.7 Å². The van der Waals surface area contributed by atoms with Gasteiger partial charge in [-0.3, -0.25) is 4.79 Å². The molecule has 0 bridgehead atoms. The second-order valence-corrected chi connectivity index (χ2v) is 8.16. The molecular formula is C19H18N6OS2. The van der Waals surface area contributed by atoms with Gasteiger partial charge in [-0.2, -0.15) is 0 Å². The molecule has 0 saturated carbocycles. The van der Waals surface area contributed by atoms with Crippen molar-refractivity contribution in [2.45, 2.75) is 12.1 Å². The number of nitrogens with one attached hydrogen (secondary N) is 1. The van der Waals surface area contributed by atoms with Crippen LogP contribution in [0.25, 0.3) is 20.9 Å². The topological polar surface area (TPSA) is 98.7 Å². The smallest absolute Gasteiger partial charge is 0.234 e. The van der Waals surface area contributed by atoms with Gasteiger partial charge in [-0.05, 0) is 30.7 Å². The number of para-hydroxylation sites is 1. The van der Waals surface area contributed by atoms with E-state index in [2.05, 4.69) is 20.5 Å². The van der Waals surface area contributed by atoms with Crippen molar-refractivity contribution < 1.29 is 4.79 Å². The molecule has 0 saturated heterocycles. The second kappa shape index (κ2) is 7.61. The summed E-state index contributed by atoms with van der Waals surface area (Å²) in [5.74, 6) is 0.820. The average molecular weight is 411 g/mol. The highest BCUT2D eigenvalue weighted by atomic mass is 32.2. The maximum Gasteiger partial charge on any atom is 0.234 e. The molecule has 3 heterocycles. The summed E-state index contributed by atoms with van der Waals surface area (Å²) in [7, 11) is 1.87. The maximum atomic E-state index is 12.3. The maximum absolute atomic E-state index is 12.3. The lowest BCUT2D eigenvalue weighted by molar-refractivity contribution is -0.113. The largest absolute Gasteiger partial charge is 0.397 e. The Morgan fingerprint density at radius 3 is 2.86 bits per heavy atom. The van der Waals surface area contributed by atoms with Crippen LogP contribution in [0.3, 0.4) is 0 Å². The first-order chi connectivity index (χ1) is 13.5. The summed E-state index contributed by atoms with van der Waals surface area (Å²) >= 11 is 2.82. The molecule has 0 aliphatic carbocycles. The van der Waals surface area contributed by atoms with Crippen molar-refractivity contribution in [3.05, 3.63) is 48.2 Å². The van der Waals surface area contributed by atoms with Crippen molar-refractivity contribution >= 4 is 50.6 Å². The summed E-state index contributed by atoms with van der Waals surface area (Å²) in [5, 5.41) is 13.0. The van der Waals surface area contributed by atoms with Gasteiger partial charge in [-0.15, -0.1) is 21.5 Å². The Labute approximate surface area is 170 Å². The van der Waals surface area contributed by atoms with Crippen LogP contribution < -0.4 is 11.1 Å². The van der Waals surface area contributed by atoms with E-state index >= 15 is 0 Å². The number of nitrogen functional groups attached to an aromatic ring is 1. The SMILES string of the molecule is Cc1ccccc1NC(=O)CSc1nnc(-c2sc3ncccc3c2N)n1C. The van der Waals surface area contributed by atoms with E-state index in [1.165, 1.54) is 23.1 Å². The predicted octanol–water partition coefficient (Wildman–Crippen LogP) is 3.71. The van der Waals surface area contributed by atoms with Crippen LogP contribution in [0, 0.1) is 6.92 Å². The number of aryl methyl sites for hydroxylation is 1. The van der Waals surface area contributed by atoms with Crippen molar-refractivity contribution in [2.24, 2.45) is 7.05 Å². The summed E-state index contributed by atoms with van der Waals surface area (Å²) in [6, 6.07) is 11.5. The number of anilines is 2. The average Bonchev–Trinajstić information content (AvgIpc) is 3.22. The lowest BCUT2D eigenvalue weighted by atomic mass is 10.2. The van der Waals surface area contributed by atoms with E-state index in [4.69, 9.17) is 5.73 Å². The quantitative estimate of drug-likeness (QED) is 0.487. The van der Waals surface area contributed by atoms with Gasteiger partial charge in [-0.1, -0.05) is 30.0 Å². The molecule has 0 radical (unpaired) electrons. The molecule has 0 fully saturated rings. The highest BCUT2D eigenvalue weighted by Crippen LogP contribution is 2.39. The monoisotopic (exact) mass is 410 g/mol. The van der Waals surface area contributed by atoms with Crippen LogP contribution in [0.1, 0.15) is 5.56 Å². The van der Waals surface area contributed by atoms with Crippen LogP contribution in [0.5, 0.6) is 0 Å². The third-order valence-electron chi connectivity index (χ3n) is 4.29. The summed E-state index contributed by atoms with van der Waals surface area (Å²) in [6.07, 6.45) is 1.74. The molecule has 142 valence electrons. The number of hydrogen-bond acceptors (Lipinski definition) is 7. The van der Waals surface area contributed by atoms with Crippen LogP contribution in [0.4, 0.5) is 11.4 Å². The predicted molar refractivity (Wildman–Crippen MR) is 115 cm³/mol. The highest BCUT2D eigenvalue weighted by Gasteiger charge is 2.19. The number of nitrogens with zero attached hydrogens (tertiary/aromatic N) is 4. The molecule has 0 spiro atoms. The fraction of sp³-hybridized carbons (Fsp3) is 0.158. The van der Waals surface area contributed by atoms with E-state index in [0.717, 1.165) is 26.3 Å². The fourth-order valence-electron chi connectivity index (χ4n) is 2.79. The van der Waals surface area contributed by atoms with Crippen LogP contribution in [-0.2, 0) is 11.8 Å². The van der Waals surface area contributed by atoms with Crippen molar-refractivity contribution in [3.63, 3.8) is 0 Å². The van der Waals surface area contributed by atoms with Gasteiger partial charge in [0, 0.05) is 24.3 Å². The number of nitrogens with two attached hydrogens (primary N) is 1. The first-order valence-corrected chi connectivity index (χ1v) is 10.4. The third kappa shape index (κ3) is 3.46. The van der Waals surface area contributed by atoms with Gasteiger partial charge >= 0.3 is 0 Å². The second-order valence-electron chi connectivity index (χ2n) is 6.22. The van der Waals surface area contributed by atoms with Crippen LogP contribution >= 0.6 is 23.1 Å². The lowest BCUT2D eigenvalue weighted by Gasteiger charge is -2.07. The van der Waals surface area contributed by atoms with Crippen LogP contribution in [0.2, 0.25) is 0 Å². The molecule has 0 aliphatic heterocycles. The van der Waals surface area contributed by atoms with Gasteiger partial charge in [0.2, 0.25) is 5.91 Å². The molecule has 4 aromatic rings. The van der Waals surface area contributed by atoms with Crippen molar-refractivity contribution in [1.29, 1.82) is 0 Å². The molecule has 7 nitrogen and oxygen atoms in total. The zero-order valence-electron chi connectivity index (χ0n) is 15.3. The molecule has 4 rings (SSSR count). The number of rotatable bonds is 5. The molecule has 3 N–H and O–H groups in total. The van der Waals surface area contributed by atoms with E-state index in [1.807, 2.05) is 54.9 Å². The van der Waals surface area contributed by atoms with Gasteiger partial charge in [0.1, 0.15) is 4.83 Å². The number of carbonyl (C=O) groups excluding carboxylic acids is 1. The Morgan fingerprint density at radius 1 is 1.25 bits per heavy atom. The number of hydrogen-bond donors (Lipinski definition) is 2. The number of aromatic nitrogens is 4. The number of benzene rings is 1. The Kier molecular flexibility index (Phi) is 5.01. The minimum absolute atomic E-state index is 0.0885. The molecule has 9 heteroatoms. The molecule has 1 amide bonds. The Balaban J connectivity index is 1.50. The van der Waals surface area contributed by atoms with Crippen molar-refractivity contribution in [1.82, 2.24) is 19.7 Å². The summed E-state index contributed by atoms with van der Waals surface area (Å²) in [6.45, 7) is 1.96. The number of pyridine rings is 1. The standard InChI is InChI=1S/C19H18N6OS2/c1-11-6-3-4-8-13(11)22-14(26)10-27-19-24-23-17(25(19)2)16-15(20)12-7-5-9-21-18(12)28-16/h3-9H,10,20H2,1-2H3,(H,22,26). The van der Waals surface area contributed by atoms with E-state index in [0.29, 0.717) is 16.7 Å². The van der Waals surface area contributed by atoms with Gasteiger partial charge in [-0.25, -0.2) is 4.98 Å². The van der Waals surface area contributed by atoms with E-state index in [9.17, 15) is 4.79 Å². The number of fused-ring (bicyclic) bond motifs is 1. The van der Waals surface area contributed by atoms with Crippen molar-refractivity contribution in [2.75, 3.05) is 16.8 Å². The normalized spacial score (nSPS) is 11.1. The molecule has 28 heavy (non-hydrogen) atoms. The minimum Gasteiger partial charge on any atom is -0.397 e. The lowest BCUT2D eigenvalue weighted by Crippen LogP contribution is -2.15. The zero-order chi connectivity index (χ0) is 19.7. The highest BCUT2D eigenvalue weighted by molar-refractivity contribution is 7.99. The van der Waals surface area contributed by atoms with E-state index < -0.39 is 0 Å². The van der Waals surface area contributed by atoms with Gasteiger partial charge in [0.05, 0.1) is 16.3 Å². The van der Waals surface area contributed by atoms with Crippen LogP contribution in [0.15, 0.2) is 47.8 Å². The van der Waals surface area contributed by atoms with Gasteiger partial charge in [0.15, 0.2) is 11.0 Å². The third-order valence-corrected chi connectivity index (χ3v) is 6.44. The molecule has 0 atom stereocenters. The minimum atomic E-state index is -0.0885. The molecule has 0 unspecified atom stereocenters. The number of carbonyl (C=O) groups is 1. The molecule has 3 aromatic heterocycles. The summed E-state index contributed by atoms with van der Waals surface area (Å²) in [4.78, 5) is 18.3. The molecular weight excluding hydrogens is 392 g/mol. The van der Waals surface area contributed by atoms with Gasteiger partial charge < -0.3 is 15.6 Å². The number of thioether (sulfide) groups is 1. The number of thiophene rings is 1. The Hall–Kier alpha value is -2.91. The molecule has 1 aromatic carbocycles. The van der Waals surface area contributed by atoms with Crippen LogP contribution in [-0.4, -0.2) is 31.4 Å². The summed E-state index contributed by atoms with van der Waals surface area (Å²) < 4.78 is 1.85. The van der Waals surface area contributed by atoms with E-state index in [1.54, 1.807) is 6.20 Å². The number of amides is 1. The fourth-order valence-corrected chi connectivity index (χ4v) is 4.58. The zero-order valence-corrected chi connectivity index (χ0v) is 17.0. The Bertz CT molecular complexity index is 1170. The van der Waals surface area contributed by atoms with E-state index in [-0.39, 0.29) is 11.7 Å². The summed E-state index contributed by atoms with van der Waals surface area (Å²) in [5.41, 5.74) is 8.78. The Morgan fingerprint density at radius 2 is 2.07 bits per heavy atom. The van der Waals surface area contributed by atoms with Gasteiger partial charge in [0.25, 0.3) is 0 Å². The first-order valence-electron chi connectivity index (χ1n) is 8.55.